The Morgan fingerprint density at radius 3 is 2.48 bits per heavy atom. The van der Waals surface area contributed by atoms with Crippen molar-refractivity contribution < 1.29 is 13.6 Å². The lowest BCUT2D eigenvalue weighted by molar-refractivity contribution is -0.130. The van der Waals surface area contributed by atoms with E-state index in [1.807, 2.05) is 0 Å². The number of benzene rings is 2. The second-order valence-corrected chi connectivity index (χ2v) is 5.67. The molecule has 3 nitrogen and oxygen atoms in total. The van der Waals surface area contributed by atoms with Crippen LogP contribution in [0.1, 0.15) is 12.5 Å². The summed E-state index contributed by atoms with van der Waals surface area (Å²) in [6, 6.07) is 9.57. The fourth-order valence-electron chi connectivity index (χ4n) is 2.19. The van der Waals surface area contributed by atoms with E-state index in [2.05, 4.69) is 5.32 Å². The highest BCUT2D eigenvalue weighted by Gasteiger charge is 2.19. The summed E-state index contributed by atoms with van der Waals surface area (Å²) in [4.78, 5) is 13.8. The number of likely N-dealkylation sites (N-methyl/N-ethyl adjacent to an activating group) is 1. The third-order valence-corrected chi connectivity index (χ3v) is 3.79. The summed E-state index contributed by atoms with van der Waals surface area (Å²) in [7, 11) is 1.58. The zero-order valence-corrected chi connectivity index (χ0v) is 13.6. The monoisotopic (exact) mass is 338 g/mol. The van der Waals surface area contributed by atoms with E-state index in [0.717, 1.165) is 0 Å². The highest BCUT2D eigenvalue weighted by Crippen LogP contribution is 2.21. The van der Waals surface area contributed by atoms with Gasteiger partial charge in [-0.15, -0.1) is 0 Å². The Kier molecular flexibility index (Phi) is 5.55. The van der Waals surface area contributed by atoms with Crippen LogP contribution >= 0.6 is 11.6 Å². The largest absolute Gasteiger partial charge is 0.374 e. The summed E-state index contributed by atoms with van der Waals surface area (Å²) in [6.45, 7) is 1.75. The van der Waals surface area contributed by atoms with Crippen molar-refractivity contribution in [3.8, 4) is 0 Å². The van der Waals surface area contributed by atoms with Gasteiger partial charge in [0.15, 0.2) is 0 Å². The second kappa shape index (κ2) is 7.42. The van der Waals surface area contributed by atoms with Crippen LogP contribution in [0.3, 0.4) is 0 Å². The molecule has 0 saturated carbocycles. The normalized spacial score (nSPS) is 11.9. The summed E-state index contributed by atoms with van der Waals surface area (Å²) in [5.41, 5.74) is 0.906. The smallest absolute Gasteiger partial charge is 0.244 e. The molecule has 0 aliphatic carbocycles. The number of nitrogens with one attached hydrogen (secondary N) is 1. The van der Waals surface area contributed by atoms with E-state index < -0.39 is 11.9 Å². The van der Waals surface area contributed by atoms with Crippen molar-refractivity contribution in [1.82, 2.24) is 4.90 Å². The number of amides is 1. The zero-order valence-electron chi connectivity index (χ0n) is 12.8. The number of rotatable bonds is 5. The average molecular weight is 339 g/mol. The third kappa shape index (κ3) is 4.42. The quantitative estimate of drug-likeness (QED) is 0.891. The molecule has 0 saturated heterocycles. The molecule has 2 aromatic carbocycles. The van der Waals surface area contributed by atoms with Gasteiger partial charge in [0.2, 0.25) is 5.91 Å². The van der Waals surface area contributed by atoms with Crippen molar-refractivity contribution in [1.29, 1.82) is 0 Å². The molecule has 2 rings (SSSR count). The van der Waals surface area contributed by atoms with Gasteiger partial charge in [-0.3, -0.25) is 4.79 Å². The van der Waals surface area contributed by atoms with E-state index in [-0.39, 0.29) is 28.9 Å². The Morgan fingerprint density at radius 2 is 1.87 bits per heavy atom. The van der Waals surface area contributed by atoms with Crippen LogP contribution in [0, 0.1) is 11.6 Å². The highest BCUT2D eigenvalue weighted by atomic mass is 35.5. The predicted octanol–water partition coefficient (Wildman–Crippen LogP) is 4.08. The van der Waals surface area contributed by atoms with Gasteiger partial charge in [-0.1, -0.05) is 17.7 Å². The number of anilines is 1. The van der Waals surface area contributed by atoms with Crippen LogP contribution in [0.25, 0.3) is 0 Å². The van der Waals surface area contributed by atoms with Gasteiger partial charge in [0.05, 0.1) is 0 Å². The fourth-order valence-corrected chi connectivity index (χ4v) is 2.41. The molecule has 1 atom stereocenters. The van der Waals surface area contributed by atoms with Crippen LogP contribution in [0.4, 0.5) is 14.5 Å². The molecule has 0 aromatic heterocycles. The lowest BCUT2D eigenvalue weighted by Crippen LogP contribution is -2.38. The molecular formula is C17H17ClF2N2O. The van der Waals surface area contributed by atoms with Gasteiger partial charge < -0.3 is 10.2 Å². The molecule has 2 aromatic rings. The Balaban J connectivity index is 2.02. The maximum absolute atomic E-state index is 13.8. The van der Waals surface area contributed by atoms with Crippen molar-refractivity contribution in [2.45, 2.75) is 19.5 Å². The molecule has 1 N–H and O–H groups in total. The van der Waals surface area contributed by atoms with Crippen molar-refractivity contribution >= 4 is 23.2 Å². The van der Waals surface area contributed by atoms with Crippen molar-refractivity contribution in [3.63, 3.8) is 0 Å². The minimum atomic E-state index is -0.545. The molecular weight excluding hydrogens is 322 g/mol. The van der Waals surface area contributed by atoms with Gasteiger partial charge >= 0.3 is 0 Å². The number of nitrogens with zero attached hydrogens (tertiary/aromatic N) is 1. The highest BCUT2D eigenvalue weighted by molar-refractivity contribution is 6.31. The molecule has 122 valence electrons. The Morgan fingerprint density at radius 1 is 1.22 bits per heavy atom. The molecule has 6 heteroatoms. The standard InChI is InChI=1S/C17H17ClF2N2O/c1-11(21-13-8-6-12(19)7-9-13)17(23)22(2)10-14-15(18)4-3-5-16(14)20/h3-9,11,21H,10H2,1-2H3. The van der Waals surface area contributed by atoms with Crippen molar-refractivity contribution in [2.75, 3.05) is 12.4 Å². The maximum atomic E-state index is 13.8. The fraction of sp³-hybridized carbons (Fsp3) is 0.235. The van der Waals surface area contributed by atoms with Crippen LogP contribution in [0.15, 0.2) is 42.5 Å². The number of hydrogen-bond acceptors (Lipinski definition) is 2. The van der Waals surface area contributed by atoms with E-state index in [1.165, 1.54) is 29.2 Å². The minimum absolute atomic E-state index is 0.0692. The van der Waals surface area contributed by atoms with Crippen LogP contribution in [-0.4, -0.2) is 23.9 Å². The first-order valence-corrected chi connectivity index (χ1v) is 7.46. The predicted molar refractivity (Wildman–Crippen MR) is 87.4 cm³/mol. The Hall–Kier alpha value is -2.14. The topological polar surface area (TPSA) is 32.3 Å². The van der Waals surface area contributed by atoms with Crippen molar-refractivity contribution in [3.05, 3.63) is 64.7 Å². The van der Waals surface area contributed by atoms with E-state index in [4.69, 9.17) is 11.6 Å². The van der Waals surface area contributed by atoms with E-state index in [9.17, 15) is 13.6 Å². The van der Waals surface area contributed by atoms with Gasteiger partial charge in [0.1, 0.15) is 17.7 Å². The van der Waals surface area contributed by atoms with Gasteiger partial charge in [0.25, 0.3) is 0 Å². The second-order valence-electron chi connectivity index (χ2n) is 5.27. The summed E-state index contributed by atoms with van der Waals surface area (Å²) in [5, 5.41) is 3.26. The molecule has 0 fully saturated rings. The summed E-state index contributed by atoms with van der Waals surface area (Å²) in [6.07, 6.45) is 0. The van der Waals surface area contributed by atoms with Gasteiger partial charge in [-0.2, -0.15) is 0 Å². The van der Waals surface area contributed by atoms with E-state index in [0.29, 0.717) is 5.69 Å². The van der Waals surface area contributed by atoms with Crippen LogP contribution in [0.2, 0.25) is 5.02 Å². The maximum Gasteiger partial charge on any atom is 0.244 e. The average Bonchev–Trinajstić information content (AvgIpc) is 2.52. The molecule has 0 spiro atoms. The number of hydrogen-bond donors (Lipinski definition) is 1. The van der Waals surface area contributed by atoms with Crippen LogP contribution in [0.5, 0.6) is 0 Å². The molecule has 1 unspecified atom stereocenters. The van der Waals surface area contributed by atoms with Crippen LogP contribution in [-0.2, 0) is 11.3 Å². The Labute approximate surface area is 138 Å². The van der Waals surface area contributed by atoms with Crippen molar-refractivity contribution in [2.24, 2.45) is 0 Å². The first-order chi connectivity index (χ1) is 10.9. The molecule has 0 heterocycles. The lowest BCUT2D eigenvalue weighted by atomic mass is 10.2. The van der Waals surface area contributed by atoms with Gasteiger partial charge in [0, 0.05) is 29.9 Å². The molecule has 0 bridgehead atoms. The summed E-state index contributed by atoms with van der Waals surface area (Å²) < 4.78 is 26.7. The number of carbonyl (C=O) groups is 1. The summed E-state index contributed by atoms with van der Waals surface area (Å²) >= 11 is 5.97. The SMILES string of the molecule is CC(Nc1ccc(F)cc1)C(=O)N(C)Cc1c(F)cccc1Cl. The van der Waals surface area contributed by atoms with Gasteiger partial charge in [-0.25, -0.2) is 8.78 Å². The van der Waals surface area contributed by atoms with Gasteiger partial charge in [-0.05, 0) is 43.3 Å². The molecule has 0 aliphatic heterocycles. The minimum Gasteiger partial charge on any atom is -0.374 e. The van der Waals surface area contributed by atoms with Crippen LogP contribution < -0.4 is 5.32 Å². The molecule has 23 heavy (non-hydrogen) atoms. The first kappa shape index (κ1) is 17.2. The first-order valence-electron chi connectivity index (χ1n) is 7.08. The zero-order chi connectivity index (χ0) is 17.0. The Bertz CT molecular complexity index is 671. The number of halogens is 3. The third-order valence-electron chi connectivity index (χ3n) is 3.43. The van der Waals surface area contributed by atoms with E-state index >= 15 is 0 Å². The lowest BCUT2D eigenvalue weighted by Gasteiger charge is -2.23. The number of carbonyl (C=O) groups excluding carboxylic acids is 1. The molecule has 0 aliphatic rings. The molecule has 0 radical (unpaired) electrons. The molecule has 1 amide bonds. The van der Waals surface area contributed by atoms with E-state index in [1.54, 1.807) is 32.2 Å². The summed E-state index contributed by atoms with van der Waals surface area (Å²) in [5.74, 6) is -1.02.